The van der Waals surface area contributed by atoms with Gasteiger partial charge in [-0.05, 0) is 19.1 Å². The van der Waals surface area contributed by atoms with Gasteiger partial charge in [0.2, 0.25) is 0 Å². The molecule has 1 aromatic rings. The first-order valence-electron chi connectivity index (χ1n) is 3.71. The lowest BCUT2D eigenvalue weighted by atomic mass is 10.2. The van der Waals surface area contributed by atoms with E-state index in [1.165, 1.54) is 0 Å². The van der Waals surface area contributed by atoms with Crippen LogP contribution in [0.1, 0.15) is 25.1 Å². The predicted octanol–water partition coefficient (Wildman–Crippen LogP) is 1.63. The molecule has 2 rings (SSSR count). The molecule has 1 N–H and O–H groups in total. The van der Waals surface area contributed by atoms with Crippen LogP contribution in [0.5, 0.6) is 0 Å². The van der Waals surface area contributed by atoms with Gasteiger partial charge in [0.05, 0.1) is 5.69 Å². The molecule has 58 valence electrons. The molecule has 0 radical (unpaired) electrons. The van der Waals surface area contributed by atoms with E-state index >= 15 is 0 Å². The standard InChI is InChI=1S/C8H10N2O/c1-6-5-7(9-11)8-3-2-4-10(6)8/h2-4,6,11H,5H2,1H3/b9-7+. The third-order valence-electron chi connectivity index (χ3n) is 2.16. The van der Waals surface area contributed by atoms with Crippen molar-refractivity contribution in [2.24, 2.45) is 5.16 Å². The molecular formula is C8H10N2O. The average molecular weight is 150 g/mol. The molecule has 3 heteroatoms. The third-order valence-corrected chi connectivity index (χ3v) is 2.16. The molecule has 1 aliphatic heterocycles. The Morgan fingerprint density at radius 1 is 1.73 bits per heavy atom. The van der Waals surface area contributed by atoms with E-state index in [0.29, 0.717) is 6.04 Å². The average Bonchev–Trinajstić information content (AvgIpc) is 2.54. The Bertz CT molecular complexity index is 301. The molecule has 1 unspecified atom stereocenters. The van der Waals surface area contributed by atoms with Crippen LogP contribution in [-0.2, 0) is 0 Å². The zero-order valence-corrected chi connectivity index (χ0v) is 6.36. The van der Waals surface area contributed by atoms with Crippen LogP contribution < -0.4 is 0 Å². The molecule has 3 nitrogen and oxygen atoms in total. The van der Waals surface area contributed by atoms with Crippen molar-refractivity contribution < 1.29 is 5.21 Å². The molecule has 1 atom stereocenters. The maximum atomic E-state index is 8.62. The van der Waals surface area contributed by atoms with Crippen LogP contribution in [0.25, 0.3) is 0 Å². The summed E-state index contributed by atoms with van der Waals surface area (Å²) < 4.78 is 2.12. The van der Waals surface area contributed by atoms with Crippen molar-refractivity contribution in [2.75, 3.05) is 0 Å². The van der Waals surface area contributed by atoms with Gasteiger partial charge in [0, 0.05) is 18.7 Å². The van der Waals surface area contributed by atoms with Crippen LogP contribution in [0.15, 0.2) is 23.5 Å². The van der Waals surface area contributed by atoms with Gasteiger partial charge in [0.1, 0.15) is 5.71 Å². The van der Waals surface area contributed by atoms with E-state index in [-0.39, 0.29) is 0 Å². The summed E-state index contributed by atoms with van der Waals surface area (Å²) in [5.41, 5.74) is 1.84. The van der Waals surface area contributed by atoms with Crippen LogP contribution in [0.3, 0.4) is 0 Å². The highest BCUT2D eigenvalue weighted by Crippen LogP contribution is 2.25. The largest absolute Gasteiger partial charge is 0.411 e. The van der Waals surface area contributed by atoms with Gasteiger partial charge in [0.15, 0.2) is 0 Å². The minimum atomic E-state index is 0.436. The molecule has 0 spiro atoms. The molecular weight excluding hydrogens is 140 g/mol. The van der Waals surface area contributed by atoms with E-state index in [9.17, 15) is 0 Å². The van der Waals surface area contributed by atoms with Crippen molar-refractivity contribution in [3.63, 3.8) is 0 Å². The highest BCUT2D eigenvalue weighted by Gasteiger charge is 2.23. The summed E-state index contributed by atoms with van der Waals surface area (Å²) >= 11 is 0. The van der Waals surface area contributed by atoms with Crippen LogP contribution in [0, 0.1) is 0 Å². The number of nitrogens with zero attached hydrogens (tertiary/aromatic N) is 2. The Morgan fingerprint density at radius 3 is 3.27 bits per heavy atom. The van der Waals surface area contributed by atoms with Crippen LogP contribution in [-0.4, -0.2) is 15.5 Å². The number of hydrogen-bond acceptors (Lipinski definition) is 2. The minimum absolute atomic E-state index is 0.436. The van der Waals surface area contributed by atoms with Crippen molar-refractivity contribution in [3.05, 3.63) is 24.0 Å². The molecule has 0 bridgehead atoms. The van der Waals surface area contributed by atoms with Gasteiger partial charge in [0.25, 0.3) is 0 Å². The quantitative estimate of drug-likeness (QED) is 0.443. The highest BCUT2D eigenvalue weighted by molar-refractivity contribution is 6.01. The lowest BCUT2D eigenvalue weighted by molar-refractivity contribution is 0.318. The summed E-state index contributed by atoms with van der Waals surface area (Å²) in [6, 6.07) is 4.38. The number of oxime groups is 1. The lowest BCUT2D eigenvalue weighted by Crippen LogP contribution is -1.94. The first kappa shape index (κ1) is 6.46. The van der Waals surface area contributed by atoms with E-state index in [0.717, 1.165) is 17.8 Å². The number of fused-ring (bicyclic) bond motifs is 1. The van der Waals surface area contributed by atoms with Gasteiger partial charge in [-0.1, -0.05) is 5.16 Å². The summed E-state index contributed by atoms with van der Waals surface area (Å²) in [4.78, 5) is 0. The number of hydrogen-bond donors (Lipinski definition) is 1. The maximum absolute atomic E-state index is 8.62. The van der Waals surface area contributed by atoms with Crippen molar-refractivity contribution >= 4 is 5.71 Å². The first-order chi connectivity index (χ1) is 5.33. The van der Waals surface area contributed by atoms with Gasteiger partial charge in [-0.3, -0.25) is 0 Å². The fourth-order valence-corrected chi connectivity index (χ4v) is 1.60. The lowest BCUT2D eigenvalue weighted by Gasteiger charge is -2.02. The minimum Gasteiger partial charge on any atom is -0.411 e. The summed E-state index contributed by atoms with van der Waals surface area (Å²) in [5.74, 6) is 0. The molecule has 11 heavy (non-hydrogen) atoms. The first-order valence-corrected chi connectivity index (χ1v) is 3.71. The van der Waals surface area contributed by atoms with Crippen LogP contribution in [0.4, 0.5) is 0 Å². The maximum Gasteiger partial charge on any atom is 0.105 e. The predicted molar refractivity (Wildman–Crippen MR) is 42.1 cm³/mol. The fraction of sp³-hybridized carbons (Fsp3) is 0.375. The van der Waals surface area contributed by atoms with Crippen molar-refractivity contribution in [1.82, 2.24) is 4.57 Å². The molecule has 0 aromatic carbocycles. The molecule has 0 saturated carbocycles. The second kappa shape index (κ2) is 2.12. The molecule has 2 heterocycles. The normalized spacial score (nSPS) is 25.9. The number of aromatic nitrogens is 1. The van der Waals surface area contributed by atoms with E-state index in [2.05, 4.69) is 16.6 Å². The van der Waals surface area contributed by atoms with Gasteiger partial charge in [-0.25, -0.2) is 0 Å². The Balaban J connectivity index is 2.54. The molecule has 1 aromatic heterocycles. The van der Waals surface area contributed by atoms with E-state index < -0.39 is 0 Å². The fourth-order valence-electron chi connectivity index (χ4n) is 1.60. The van der Waals surface area contributed by atoms with E-state index in [4.69, 9.17) is 5.21 Å². The molecule has 0 aliphatic carbocycles. The topological polar surface area (TPSA) is 37.5 Å². The number of rotatable bonds is 0. The van der Waals surface area contributed by atoms with Gasteiger partial charge < -0.3 is 9.77 Å². The van der Waals surface area contributed by atoms with Crippen molar-refractivity contribution in [1.29, 1.82) is 0 Å². The highest BCUT2D eigenvalue weighted by atomic mass is 16.4. The Kier molecular flexibility index (Phi) is 1.24. The Labute approximate surface area is 64.9 Å². The molecule has 0 amide bonds. The molecule has 0 saturated heterocycles. The van der Waals surface area contributed by atoms with Crippen LogP contribution >= 0.6 is 0 Å². The van der Waals surface area contributed by atoms with E-state index in [1.807, 2.05) is 18.3 Å². The van der Waals surface area contributed by atoms with Gasteiger partial charge >= 0.3 is 0 Å². The summed E-state index contributed by atoms with van der Waals surface area (Å²) in [7, 11) is 0. The zero-order chi connectivity index (χ0) is 7.84. The summed E-state index contributed by atoms with van der Waals surface area (Å²) in [5, 5.41) is 11.9. The smallest absolute Gasteiger partial charge is 0.105 e. The summed E-state index contributed by atoms with van der Waals surface area (Å²) in [6.07, 6.45) is 2.85. The second-order valence-electron chi connectivity index (χ2n) is 2.90. The second-order valence-corrected chi connectivity index (χ2v) is 2.90. The Morgan fingerprint density at radius 2 is 2.55 bits per heavy atom. The Hall–Kier alpha value is -1.25. The summed E-state index contributed by atoms with van der Waals surface area (Å²) in [6.45, 7) is 2.11. The van der Waals surface area contributed by atoms with E-state index in [1.54, 1.807) is 0 Å². The van der Waals surface area contributed by atoms with Crippen molar-refractivity contribution in [3.8, 4) is 0 Å². The third kappa shape index (κ3) is 0.770. The monoisotopic (exact) mass is 150 g/mol. The van der Waals surface area contributed by atoms with Crippen molar-refractivity contribution in [2.45, 2.75) is 19.4 Å². The molecule has 0 fully saturated rings. The SMILES string of the molecule is CC1C/C(=N\O)c2cccn21. The van der Waals surface area contributed by atoms with Gasteiger partial charge in [-0.15, -0.1) is 0 Å². The molecule has 1 aliphatic rings. The van der Waals surface area contributed by atoms with Crippen LogP contribution in [0.2, 0.25) is 0 Å². The zero-order valence-electron chi connectivity index (χ0n) is 6.36. The van der Waals surface area contributed by atoms with Gasteiger partial charge in [-0.2, -0.15) is 0 Å².